The second-order valence-electron chi connectivity index (χ2n) is 2.72. The van der Waals surface area contributed by atoms with Crippen LogP contribution in [0.1, 0.15) is 33.6 Å². The van der Waals surface area contributed by atoms with Crippen molar-refractivity contribution in [2.24, 2.45) is 5.16 Å². The zero-order chi connectivity index (χ0) is 10.6. The summed E-state index contributed by atoms with van der Waals surface area (Å²) >= 11 is 0. The molecule has 0 spiro atoms. The van der Waals surface area contributed by atoms with Gasteiger partial charge in [-0.1, -0.05) is 18.5 Å². The van der Waals surface area contributed by atoms with Gasteiger partial charge in [-0.05, 0) is 20.3 Å². The first kappa shape index (κ1) is 13.4. The van der Waals surface area contributed by atoms with Gasteiger partial charge in [0.2, 0.25) is 0 Å². The van der Waals surface area contributed by atoms with Gasteiger partial charge in [-0.15, -0.1) is 0 Å². The van der Waals surface area contributed by atoms with Crippen molar-refractivity contribution in [1.82, 2.24) is 0 Å². The summed E-state index contributed by atoms with van der Waals surface area (Å²) in [6, 6.07) is 0. The summed E-state index contributed by atoms with van der Waals surface area (Å²) in [7, 11) is 0. The first-order valence-electron chi connectivity index (χ1n) is 5.23. The maximum Gasteiger partial charge on any atom is 0.197 e. The zero-order valence-electron chi connectivity index (χ0n) is 9.36. The second kappa shape index (κ2) is 10.5. The number of hydrogen-bond acceptors (Lipinski definition) is 4. The zero-order valence-corrected chi connectivity index (χ0v) is 9.36. The Morgan fingerprint density at radius 1 is 1.14 bits per heavy atom. The largest absolute Gasteiger partial charge is 0.396 e. The van der Waals surface area contributed by atoms with Crippen LogP contribution < -0.4 is 0 Å². The second-order valence-corrected chi connectivity index (χ2v) is 2.72. The van der Waals surface area contributed by atoms with Gasteiger partial charge in [0, 0.05) is 13.2 Å². The van der Waals surface area contributed by atoms with Crippen LogP contribution in [0.2, 0.25) is 0 Å². The smallest absolute Gasteiger partial charge is 0.197 e. The molecule has 0 amide bonds. The highest BCUT2D eigenvalue weighted by Gasteiger charge is 2.02. The van der Waals surface area contributed by atoms with Gasteiger partial charge < -0.3 is 14.3 Å². The van der Waals surface area contributed by atoms with Crippen molar-refractivity contribution in [1.29, 1.82) is 0 Å². The van der Waals surface area contributed by atoms with Crippen molar-refractivity contribution in [3.8, 4) is 0 Å². The quantitative estimate of drug-likeness (QED) is 0.249. The van der Waals surface area contributed by atoms with E-state index >= 15 is 0 Å². The Hall–Kier alpha value is -0.610. The third-order valence-corrected chi connectivity index (χ3v) is 1.51. The molecular formula is C10H21NO3. The fourth-order valence-corrected chi connectivity index (χ4v) is 0.817. The van der Waals surface area contributed by atoms with Crippen LogP contribution in [0.3, 0.4) is 0 Å². The van der Waals surface area contributed by atoms with Gasteiger partial charge in [0.1, 0.15) is 6.61 Å². The third kappa shape index (κ3) is 8.01. The molecule has 4 nitrogen and oxygen atoms in total. The van der Waals surface area contributed by atoms with Gasteiger partial charge in [-0.2, -0.15) is 0 Å². The molecule has 0 aromatic rings. The van der Waals surface area contributed by atoms with E-state index in [-0.39, 0.29) is 6.29 Å². The van der Waals surface area contributed by atoms with E-state index in [1.165, 1.54) is 0 Å². The predicted molar refractivity (Wildman–Crippen MR) is 56.4 cm³/mol. The molecule has 4 heteroatoms. The summed E-state index contributed by atoms with van der Waals surface area (Å²) in [6.45, 7) is 7.79. The molecule has 0 aliphatic carbocycles. The van der Waals surface area contributed by atoms with Gasteiger partial charge in [0.05, 0.1) is 6.21 Å². The van der Waals surface area contributed by atoms with Gasteiger partial charge in [0.15, 0.2) is 6.29 Å². The lowest BCUT2D eigenvalue weighted by molar-refractivity contribution is -0.0884. The van der Waals surface area contributed by atoms with Crippen LogP contribution in [-0.4, -0.2) is 32.3 Å². The van der Waals surface area contributed by atoms with Crippen LogP contribution in [0.15, 0.2) is 5.16 Å². The van der Waals surface area contributed by atoms with E-state index in [1.807, 2.05) is 13.8 Å². The van der Waals surface area contributed by atoms with E-state index in [1.54, 1.807) is 6.21 Å². The Labute approximate surface area is 86.2 Å². The summed E-state index contributed by atoms with van der Waals surface area (Å²) in [5.74, 6) is 0. The maximum absolute atomic E-state index is 5.24. The number of ether oxygens (including phenoxy) is 2. The fourth-order valence-electron chi connectivity index (χ4n) is 0.817. The molecule has 0 bridgehead atoms. The molecule has 0 rings (SSSR count). The van der Waals surface area contributed by atoms with Crippen LogP contribution in [0.25, 0.3) is 0 Å². The van der Waals surface area contributed by atoms with E-state index in [9.17, 15) is 0 Å². The van der Waals surface area contributed by atoms with Crippen LogP contribution >= 0.6 is 0 Å². The normalized spacial score (nSPS) is 11.4. The lowest BCUT2D eigenvalue weighted by atomic mass is 10.4. The minimum Gasteiger partial charge on any atom is -0.396 e. The molecule has 0 heterocycles. The highest BCUT2D eigenvalue weighted by molar-refractivity contribution is 5.60. The molecule has 0 atom stereocenters. The SMILES string of the molecule is CCCCO/N=C/C(OCC)OCC. The van der Waals surface area contributed by atoms with Gasteiger partial charge in [-0.25, -0.2) is 0 Å². The molecule has 0 aromatic heterocycles. The van der Waals surface area contributed by atoms with Crippen molar-refractivity contribution in [2.75, 3.05) is 19.8 Å². The molecular weight excluding hydrogens is 182 g/mol. The minimum absolute atomic E-state index is 0.383. The minimum atomic E-state index is -0.383. The number of oxime groups is 1. The first-order valence-corrected chi connectivity index (χ1v) is 5.23. The third-order valence-electron chi connectivity index (χ3n) is 1.51. The van der Waals surface area contributed by atoms with Crippen molar-refractivity contribution in [3.05, 3.63) is 0 Å². The molecule has 0 aromatic carbocycles. The summed E-state index contributed by atoms with van der Waals surface area (Å²) in [6.07, 6.45) is 3.29. The van der Waals surface area contributed by atoms with Crippen molar-refractivity contribution < 1.29 is 14.3 Å². The molecule has 84 valence electrons. The van der Waals surface area contributed by atoms with E-state index in [2.05, 4.69) is 12.1 Å². The van der Waals surface area contributed by atoms with E-state index in [0.29, 0.717) is 19.8 Å². The highest BCUT2D eigenvalue weighted by atomic mass is 16.7. The van der Waals surface area contributed by atoms with Gasteiger partial charge in [-0.3, -0.25) is 0 Å². The van der Waals surface area contributed by atoms with Crippen LogP contribution in [0, 0.1) is 0 Å². The van der Waals surface area contributed by atoms with Crippen molar-refractivity contribution in [3.63, 3.8) is 0 Å². The van der Waals surface area contributed by atoms with Crippen LogP contribution in [0.5, 0.6) is 0 Å². The number of hydrogen-bond donors (Lipinski definition) is 0. The van der Waals surface area contributed by atoms with E-state index < -0.39 is 0 Å². The lowest BCUT2D eigenvalue weighted by Gasteiger charge is -2.10. The summed E-state index contributed by atoms with van der Waals surface area (Å²) in [4.78, 5) is 5.01. The van der Waals surface area contributed by atoms with E-state index in [0.717, 1.165) is 12.8 Å². The van der Waals surface area contributed by atoms with Crippen molar-refractivity contribution >= 4 is 6.21 Å². The number of rotatable bonds is 9. The molecule has 0 unspecified atom stereocenters. The summed E-state index contributed by atoms with van der Waals surface area (Å²) in [5, 5.41) is 3.77. The maximum atomic E-state index is 5.24. The summed E-state index contributed by atoms with van der Waals surface area (Å²) in [5.41, 5.74) is 0. The Morgan fingerprint density at radius 3 is 2.29 bits per heavy atom. The van der Waals surface area contributed by atoms with Gasteiger partial charge >= 0.3 is 0 Å². The summed E-state index contributed by atoms with van der Waals surface area (Å²) < 4.78 is 10.5. The molecule has 14 heavy (non-hydrogen) atoms. The molecule has 0 N–H and O–H groups in total. The Morgan fingerprint density at radius 2 is 1.79 bits per heavy atom. The van der Waals surface area contributed by atoms with E-state index in [4.69, 9.17) is 14.3 Å². The van der Waals surface area contributed by atoms with Crippen molar-refractivity contribution in [2.45, 2.75) is 39.9 Å². The first-order chi connectivity index (χ1) is 6.85. The number of unbranched alkanes of at least 4 members (excludes halogenated alkanes) is 1. The van der Waals surface area contributed by atoms with Crippen LogP contribution in [-0.2, 0) is 14.3 Å². The average molecular weight is 203 g/mol. The monoisotopic (exact) mass is 203 g/mol. The predicted octanol–water partition coefficient (Wildman–Crippen LogP) is 2.19. The van der Waals surface area contributed by atoms with Crippen LogP contribution in [0.4, 0.5) is 0 Å². The molecule has 0 radical (unpaired) electrons. The molecule has 0 saturated carbocycles. The highest BCUT2D eigenvalue weighted by Crippen LogP contribution is 1.93. The molecule has 0 saturated heterocycles. The lowest BCUT2D eigenvalue weighted by Crippen LogP contribution is -2.18. The topological polar surface area (TPSA) is 40.0 Å². The molecule has 0 aliphatic rings. The number of nitrogens with zero attached hydrogens (tertiary/aromatic N) is 1. The van der Waals surface area contributed by atoms with Gasteiger partial charge in [0.25, 0.3) is 0 Å². The fraction of sp³-hybridized carbons (Fsp3) is 0.900. The Balaban J connectivity index is 3.55. The Bertz CT molecular complexity index is 133. The molecule has 0 fully saturated rings. The Kier molecular flexibility index (Phi) is 10.0. The molecule has 0 aliphatic heterocycles. The standard InChI is InChI=1S/C10H21NO3/c1-4-7-8-14-11-9-10(12-5-2)13-6-3/h9-10H,4-8H2,1-3H3/b11-9+. The average Bonchev–Trinajstić information content (AvgIpc) is 2.18.